The van der Waals surface area contributed by atoms with Crippen LogP contribution in [0.5, 0.6) is 0 Å². The summed E-state index contributed by atoms with van der Waals surface area (Å²) in [6, 6.07) is 3.89. The quantitative estimate of drug-likeness (QED) is 0.864. The molecule has 0 fully saturated rings. The first-order chi connectivity index (χ1) is 11.1. The molecular formula is C16H15F3N2O3. The molecule has 0 radical (unpaired) electrons. The molecule has 1 aromatic heterocycles. The molecule has 1 N–H and O–H groups in total. The average Bonchev–Trinajstić information content (AvgIpc) is 2.79. The molecule has 0 saturated carbocycles. The van der Waals surface area contributed by atoms with E-state index in [2.05, 4.69) is 10.5 Å². The van der Waals surface area contributed by atoms with Gasteiger partial charge in [0.1, 0.15) is 5.76 Å². The molecule has 0 spiro atoms. The highest BCUT2D eigenvalue weighted by Crippen LogP contribution is 2.27. The number of halogens is 3. The molecule has 1 heterocycles. The maximum atomic E-state index is 12.7. The number of aromatic nitrogens is 1. The molecule has 128 valence electrons. The van der Waals surface area contributed by atoms with Gasteiger partial charge in [-0.25, -0.2) is 0 Å². The average molecular weight is 340 g/mol. The van der Waals surface area contributed by atoms with E-state index < -0.39 is 23.4 Å². The van der Waals surface area contributed by atoms with Crippen LogP contribution in [0, 0.1) is 20.8 Å². The summed E-state index contributed by atoms with van der Waals surface area (Å²) in [5.41, 5.74) is 0.794. The van der Waals surface area contributed by atoms with Crippen LogP contribution < -0.4 is 5.32 Å². The van der Waals surface area contributed by atoms with Crippen LogP contribution in [0.2, 0.25) is 0 Å². The van der Waals surface area contributed by atoms with E-state index in [1.165, 1.54) is 12.1 Å². The van der Waals surface area contributed by atoms with E-state index in [0.717, 1.165) is 6.07 Å². The number of hydrogen-bond donors (Lipinski definition) is 1. The second-order valence-electron chi connectivity index (χ2n) is 5.40. The van der Waals surface area contributed by atoms with Gasteiger partial charge in [0.2, 0.25) is 5.91 Å². The lowest BCUT2D eigenvalue weighted by atomic mass is 10.0. The van der Waals surface area contributed by atoms with Crippen LogP contribution in [0.3, 0.4) is 0 Å². The van der Waals surface area contributed by atoms with Gasteiger partial charge in [-0.2, -0.15) is 13.2 Å². The minimum atomic E-state index is -5.02. The summed E-state index contributed by atoms with van der Waals surface area (Å²) in [4.78, 5) is 23.7. The summed E-state index contributed by atoms with van der Waals surface area (Å²) >= 11 is 0. The Morgan fingerprint density at radius 2 is 1.88 bits per heavy atom. The number of alkyl halides is 3. The van der Waals surface area contributed by atoms with Gasteiger partial charge in [-0.15, -0.1) is 0 Å². The van der Waals surface area contributed by atoms with Crippen molar-refractivity contribution in [3.05, 3.63) is 46.3 Å². The Labute approximate surface area is 135 Å². The third-order valence-electron chi connectivity index (χ3n) is 3.47. The summed E-state index contributed by atoms with van der Waals surface area (Å²) < 4.78 is 43.1. The monoisotopic (exact) mass is 340 g/mol. The van der Waals surface area contributed by atoms with E-state index in [1.807, 2.05) is 0 Å². The van der Waals surface area contributed by atoms with Crippen molar-refractivity contribution < 1.29 is 27.3 Å². The zero-order valence-electron chi connectivity index (χ0n) is 13.2. The lowest BCUT2D eigenvalue weighted by molar-refractivity contribution is -0.115. The number of benzene rings is 1. The Bertz CT molecular complexity index is 775. The molecule has 2 rings (SSSR count). The van der Waals surface area contributed by atoms with Crippen molar-refractivity contribution in [2.75, 3.05) is 5.32 Å². The van der Waals surface area contributed by atoms with Crippen LogP contribution in [0.15, 0.2) is 22.7 Å². The number of carbonyl (C=O) groups is 2. The van der Waals surface area contributed by atoms with Crippen molar-refractivity contribution in [3.8, 4) is 0 Å². The first-order valence-electron chi connectivity index (χ1n) is 7.03. The van der Waals surface area contributed by atoms with Crippen molar-refractivity contribution in [1.29, 1.82) is 0 Å². The molecule has 1 aromatic carbocycles. The lowest BCUT2D eigenvalue weighted by Crippen LogP contribution is -2.25. The maximum absolute atomic E-state index is 12.7. The molecule has 0 aliphatic carbocycles. The van der Waals surface area contributed by atoms with Gasteiger partial charge in [0.15, 0.2) is 0 Å². The number of aryl methyl sites for hydroxylation is 3. The van der Waals surface area contributed by atoms with Crippen molar-refractivity contribution in [2.45, 2.75) is 33.4 Å². The minimum absolute atomic E-state index is 0.116. The van der Waals surface area contributed by atoms with Crippen LogP contribution in [0.1, 0.15) is 32.9 Å². The molecule has 2 aromatic rings. The summed E-state index contributed by atoms with van der Waals surface area (Å²) in [5, 5.41) is 6.06. The Hall–Kier alpha value is -2.64. The van der Waals surface area contributed by atoms with Crippen molar-refractivity contribution in [1.82, 2.24) is 5.16 Å². The Balaban J connectivity index is 2.26. The zero-order chi connectivity index (χ0) is 18.1. The normalized spacial score (nSPS) is 11.4. The van der Waals surface area contributed by atoms with Crippen LogP contribution in [-0.4, -0.2) is 23.0 Å². The number of amides is 1. The van der Waals surface area contributed by atoms with Crippen LogP contribution in [0.25, 0.3) is 0 Å². The molecule has 0 bridgehead atoms. The summed E-state index contributed by atoms with van der Waals surface area (Å²) in [6.07, 6.45) is -5.14. The molecule has 24 heavy (non-hydrogen) atoms. The molecule has 0 saturated heterocycles. The Morgan fingerprint density at radius 3 is 2.42 bits per heavy atom. The van der Waals surface area contributed by atoms with Gasteiger partial charge in [0.05, 0.1) is 23.4 Å². The van der Waals surface area contributed by atoms with Gasteiger partial charge in [0.25, 0.3) is 5.78 Å². The third-order valence-corrected chi connectivity index (χ3v) is 3.47. The van der Waals surface area contributed by atoms with Crippen molar-refractivity contribution >= 4 is 17.4 Å². The third kappa shape index (κ3) is 3.81. The summed E-state index contributed by atoms with van der Waals surface area (Å²) in [7, 11) is 0. The highest BCUT2D eigenvalue weighted by molar-refractivity contribution is 6.07. The SMILES string of the molecule is Cc1ccc(NC(=O)Cc2c(C)noc2C)c(C(=O)C(F)(F)F)c1. The predicted octanol–water partition coefficient (Wildman–Crippen LogP) is 3.53. The Morgan fingerprint density at radius 1 is 1.21 bits per heavy atom. The van der Waals surface area contributed by atoms with Gasteiger partial charge in [0, 0.05) is 5.56 Å². The number of nitrogens with zero attached hydrogens (tertiary/aromatic N) is 1. The van der Waals surface area contributed by atoms with E-state index in [9.17, 15) is 22.8 Å². The number of anilines is 1. The standard InChI is InChI=1S/C16H15F3N2O3/c1-8-4-5-13(12(6-8)15(23)16(17,18)19)20-14(22)7-11-9(2)21-24-10(11)3/h4-6H,7H2,1-3H3,(H,20,22). The predicted molar refractivity (Wildman–Crippen MR) is 79.9 cm³/mol. The molecule has 0 aliphatic heterocycles. The van der Waals surface area contributed by atoms with Crippen LogP contribution in [-0.2, 0) is 11.2 Å². The number of hydrogen-bond acceptors (Lipinski definition) is 4. The van der Waals surface area contributed by atoms with Crippen molar-refractivity contribution in [2.24, 2.45) is 0 Å². The molecule has 8 heteroatoms. The summed E-state index contributed by atoms with van der Waals surface area (Å²) in [5.74, 6) is -2.11. The number of Topliss-reactive ketones (excluding diaryl/α,β-unsaturated/α-hetero) is 1. The van der Waals surface area contributed by atoms with E-state index in [4.69, 9.17) is 4.52 Å². The number of carbonyl (C=O) groups excluding carboxylic acids is 2. The van der Waals surface area contributed by atoms with E-state index in [-0.39, 0.29) is 12.1 Å². The lowest BCUT2D eigenvalue weighted by Gasteiger charge is -2.13. The molecule has 0 atom stereocenters. The maximum Gasteiger partial charge on any atom is 0.454 e. The van der Waals surface area contributed by atoms with Gasteiger partial charge in [-0.1, -0.05) is 16.8 Å². The van der Waals surface area contributed by atoms with Gasteiger partial charge < -0.3 is 9.84 Å². The second kappa shape index (κ2) is 6.46. The van der Waals surface area contributed by atoms with Crippen molar-refractivity contribution in [3.63, 3.8) is 0 Å². The zero-order valence-corrected chi connectivity index (χ0v) is 13.2. The van der Waals surface area contributed by atoms with E-state index in [0.29, 0.717) is 22.6 Å². The van der Waals surface area contributed by atoms with Gasteiger partial charge >= 0.3 is 6.18 Å². The van der Waals surface area contributed by atoms with Gasteiger partial charge in [-0.05, 0) is 32.9 Å². The Kier molecular flexibility index (Phi) is 4.77. The fraction of sp³-hybridized carbons (Fsp3) is 0.312. The highest BCUT2D eigenvalue weighted by Gasteiger charge is 2.40. The van der Waals surface area contributed by atoms with E-state index in [1.54, 1.807) is 20.8 Å². The number of nitrogens with one attached hydrogen (secondary N) is 1. The largest absolute Gasteiger partial charge is 0.454 e. The molecule has 0 unspecified atom stereocenters. The molecule has 0 aliphatic rings. The molecule has 1 amide bonds. The summed E-state index contributed by atoms with van der Waals surface area (Å²) in [6.45, 7) is 4.85. The van der Waals surface area contributed by atoms with E-state index >= 15 is 0 Å². The fourth-order valence-corrected chi connectivity index (χ4v) is 2.22. The second-order valence-corrected chi connectivity index (χ2v) is 5.40. The fourth-order valence-electron chi connectivity index (χ4n) is 2.22. The number of ketones is 1. The molecule has 5 nitrogen and oxygen atoms in total. The first kappa shape index (κ1) is 17.7. The topological polar surface area (TPSA) is 72.2 Å². The highest BCUT2D eigenvalue weighted by atomic mass is 19.4. The first-order valence-corrected chi connectivity index (χ1v) is 7.03. The molecular weight excluding hydrogens is 325 g/mol. The minimum Gasteiger partial charge on any atom is -0.361 e. The van der Waals surface area contributed by atoms with Crippen LogP contribution >= 0.6 is 0 Å². The smallest absolute Gasteiger partial charge is 0.361 e. The van der Waals surface area contributed by atoms with Crippen LogP contribution in [0.4, 0.5) is 18.9 Å². The number of rotatable bonds is 4. The van der Waals surface area contributed by atoms with Gasteiger partial charge in [-0.3, -0.25) is 9.59 Å².